The molecule has 0 aliphatic rings. The van der Waals surface area contributed by atoms with Gasteiger partial charge in [-0.05, 0) is 41.0 Å². The summed E-state index contributed by atoms with van der Waals surface area (Å²) in [5.74, 6) is 0.616. The minimum absolute atomic E-state index is 0.241. The van der Waals surface area contributed by atoms with Gasteiger partial charge in [0.2, 0.25) is 0 Å². The fraction of sp³-hybridized carbons (Fsp3) is 0.150. The standard InChI is InChI=1S/C20H18FN5/c1-25(2)20-12-18(15-4-6-16(21)7-5-15)17-8-3-14(11-19(17)23-20)13-26-10-9-22-24-26/h3-12H,13H2,1-2H3. The molecule has 0 aliphatic heterocycles. The SMILES string of the molecule is CN(C)c1cc(-c2ccc(F)cc2)c2ccc(Cn3ccnn3)cc2n1. The minimum Gasteiger partial charge on any atom is -0.363 e. The normalized spacial score (nSPS) is 11.0. The topological polar surface area (TPSA) is 46.8 Å². The van der Waals surface area contributed by atoms with Crippen molar-refractivity contribution in [2.45, 2.75) is 6.54 Å². The van der Waals surface area contributed by atoms with Crippen LogP contribution in [-0.4, -0.2) is 34.1 Å². The Morgan fingerprint density at radius 2 is 1.85 bits per heavy atom. The van der Waals surface area contributed by atoms with E-state index in [4.69, 9.17) is 4.98 Å². The molecule has 0 saturated carbocycles. The van der Waals surface area contributed by atoms with Crippen molar-refractivity contribution in [1.82, 2.24) is 20.0 Å². The third kappa shape index (κ3) is 3.13. The number of nitrogens with zero attached hydrogens (tertiary/aromatic N) is 5. The van der Waals surface area contributed by atoms with Gasteiger partial charge >= 0.3 is 0 Å². The molecule has 2 heterocycles. The Hall–Kier alpha value is -3.28. The summed E-state index contributed by atoms with van der Waals surface area (Å²) in [5, 5.41) is 8.88. The number of benzene rings is 2. The first-order valence-electron chi connectivity index (χ1n) is 8.31. The van der Waals surface area contributed by atoms with Gasteiger partial charge in [-0.2, -0.15) is 0 Å². The molecule has 0 saturated heterocycles. The molecular weight excluding hydrogens is 329 g/mol. The molecule has 4 rings (SSSR count). The van der Waals surface area contributed by atoms with Crippen molar-refractivity contribution in [3.8, 4) is 11.1 Å². The smallest absolute Gasteiger partial charge is 0.129 e. The van der Waals surface area contributed by atoms with E-state index >= 15 is 0 Å². The predicted octanol–water partition coefficient (Wildman–Crippen LogP) is 3.75. The van der Waals surface area contributed by atoms with E-state index in [1.54, 1.807) is 23.0 Å². The molecule has 0 radical (unpaired) electrons. The van der Waals surface area contributed by atoms with E-state index in [2.05, 4.69) is 28.5 Å². The molecule has 5 nitrogen and oxygen atoms in total. The van der Waals surface area contributed by atoms with Gasteiger partial charge in [-0.1, -0.05) is 29.5 Å². The maximum absolute atomic E-state index is 13.3. The summed E-state index contributed by atoms with van der Waals surface area (Å²) in [6.07, 6.45) is 3.49. The van der Waals surface area contributed by atoms with Crippen LogP contribution in [0.2, 0.25) is 0 Å². The second-order valence-corrected chi connectivity index (χ2v) is 6.38. The van der Waals surface area contributed by atoms with Crippen molar-refractivity contribution >= 4 is 16.7 Å². The summed E-state index contributed by atoms with van der Waals surface area (Å²) in [7, 11) is 3.92. The van der Waals surface area contributed by atoms with Gasteiger partial charge < -0.3 is 4.90 Å². The summed E-state index contributed by atoms with van der Waals surface area (Å²) in [5.41, 5.74) is 3.99. The molecule has 0 bridgehead atoms. The van der Waals surface area contributed by atoms with E-state index in [0.717, 1.165) is 33.4 Å². The van der Waals surface area contributed by atoms with Crippen molar-refractivity contribution in [1.29, 1.82) is 0 Å². The molecule has 2 aromatic heterocycles. The highest BCUT2D eigenvalue weighted by atomic mass is 19.1. The Morgan fingerprint density at radius 3 is 2.54 bits per heavy atom. The van der Waals surface area contributed by atoms with E-state index in [9.17, 15) is 4.39 Å². The molecule has 0 aliphatic carbocycles. The zero-order valence-electron chi connectivity index (χ0n) is 14.6. The Bertz CT molecular complexity index is 1040. The maximum atomic E-state index is 13.3. The first-order chi connectivity index (χ1) is 12.6. The van der Waals surface area contributed by atoms with E-state index < -0.39 is 0 Å². The van der Waals surface area contributed by atoms with Crippen LogP contribution < -0.4 is 4.90 Å². The van der Waals surface area contributed by atoms with Gasteiger partial charge in [-0.3, -0.25) is 0 Å². The van der Waals surface area contributed by atoms with Crippen LogP contribution in [0.1, 0.15) is 5.56 Å². The fourth-order valence-electron chi connectivity index (χ4n) is 2.96. The highest BCUT2D eigenvalue weighted by molar-refractivity contribution is 5.96. The van der Waals surface area contributed by atoms with Gasteiger partial charge in [-0.15, -0.1) is 5.10 Å². The van der Waals surface area contributed by atoms with Crippen molar-refractivity contribution in [3.05, 3.63) is 72.3 Å². The summed E-state index contributed by atoms with van der Waals surface area (Å²) < 4.78 is 15.1. The second kappa shape index (κ2) is 6.55. The van der Waals surface area contributed by atoms with Gasteiger partial charge in [0.1, 0.15) is 11.6 Å². The quantitative estimate of drug-likeness (QED) is 0.564. The van der Waals surface area contributed by atoms with Crippen molar-refractivity contribution in [3.63, 3.8) is 0 Å². The van der Waals surface area contributed by atoms with Crippen molar-refractivity contribution in [2.24, 2.45) is 0 Å². The van der Waals surface area contributed by atoms with Gasteiger partial charge in [0.15, 0.2) is 0 Å². The van der Waals surface area contributed by atoms with Crippen LogP contribution in [0.15, 0.2) is 60.9 Å². The number of aromatic nitrogens is 4. The summed E-state index contributed by atoms with van der Waals surface area (Å²) in [6, 6.07) is 14.8. The van der Waals surface area contributed by atoms with Gasteiger partial charge in [0.25, 0.3) is 0 Å². The van der Waals surface area contributed by atoms with E-state index in [0.29, 0.717) is 6.54 Å². The van der Waals surface area contributed by atoms with Crippen LogP contribution in [-0.2, 0) is 6.54 Å². The first kappa shape index (κ1) is 16.2. The van der Waals surface area contributed by atoms with Crippen LogP contribution >= 0.6 is 0 Å². The molecular formula is C20H18FN5. The average molecular weight is 347 g/mol. The molecule has 0 spiro atoms. The van der Waals surface area contributed by atoms with Crippen molar-refractivity contribution in [2.75, 3.05) is 19.0 Å². The molecule has 2 aromatic carbocycles. The molecule has 0 unspecified atom stereocenters. The highest BCUT2D eigenvalue weighted by Crippen LogP contribution is 2.31. The summed E-state index contributed by atoms with van der Waals surface area (Å²) >= 11 is 0. The maximum Gasteiger partial charge on any atom is 0.129 e. The largest absolute Gasteiger partial charge is 0.363 e. The van der Waals surface area contributed by atoms with Crippen LogP contribution in [0.3, 0.4) is 0 Å². The second-order valence-electron chi connectivity index (χ2n) is 6.38. The zero-order valence-corrected chi connectivity index (χ0v) is 14.6. The van der Waals surface area contributed by atoms with Crippen LogP contribution in [0.5, 0.6) is 0 Å². The number of fused-ring (bicyclic) bond motifs is 1. The van der Waals surface area contributed by atoms with E-state index in [-0.39, 0.29) is 5.82 Å². The number of hydrogen-bond acceptors (Lipinski definition) is 4. The van der Waals surface area contributed by atoms with Crippen LogP contribution in [0, 0.1) is 5.82 Å². The first-order valence-corrected chi connectivity index (χ1v) is 8.31. The number of pyridine rings is 1. The molecule has 4 aromatic rings. The molecule has 26 heavy (non-hydrogen) atoms. The van der Waals surface area contributed by atoms with E-state index in [1.165, 1.54) is 12.1 Å². The Morgan fingerprint density at radius 1 is 1.04 bits per heavy atom. The van der Waals surface area contributed by atoms with E-state index in [1.807, 2.05) is 31.3 Å². The number of rotatable bonds is 4. The predicted molar refractivity (Wildman–Crippen MR) is 101 cm³/mol. The van der Waals surface area contributed by atoms with Crippen LogP contribution in [0.25, 0.3) is 22.0 Å². The lowest BCUT2D eigenvalue weighted by Gasteiger charge is -2.16. The highest BCUT2D eigenvalue weighted by Gasteiger charge is 2.10. The molecule has 130 valence electrons. The molecule has 0 N–H and O–H groups in total. The summed E-state index contributed by atoms with van der Waals surface area (Å²) in [6.45, 7) is 0.635. The molecule has 0 amide bonds. The third-order valence-corrected chi connectivity index (χ3v) is 4.29. The lowest BCUT2D eigenvalue weighted by atomic mass is 9.99. The van der Waals surface area contributed by atoms with Gasteiger partial charge in [0.05, 0.1) is 18.3 Å². The Balaban J connectivity index is 1.86. The minimum atomic E-state index is -0.241. The number of hydrogen-bond donors (Lipinski definition) is 0. The zero-order chi connectivity index (χ0) is 18.1. The molecule has 0 fully saturated rings. The lowest BCUT2D eigenvalue weighted by molar-refractivity contribution is 0.628. The van der Waals surface area contributed by atoms with Crippen LogP contribution in [0.4, 0.5) is 10.2 Å². The molecule has 0 atom stereocenters. The fourth-order valence-corrected chi connectivity index (χ4v) is 2.96. The van der Waals surface area contributed by atoms with Gasteiger partial charge in [-0.25, -0.2) is 14.1 Å². The van der Waals surface area contributed by atoms with Gasteiger partial charge in [0, 0.05) is 25.7 Å². The monoisotopic (exact) mass is 347 g/mol. The number of anilines is 1. The van der Waals surface area contributed by atoms with Crippen molar-refractivity contribution < 1.29 is 4.39 Å². The Kier molecular flexibility index (Phi) is 4.08. The molecule has 6 heteroatoms. The Labute approximate surface area is 150 Å². The summed E-state index contributed by atoms with van der Waals surface area (Å²) in [4.78, 5) is 6.74. The lowest BCUT2D eigenvalue weighted by Crippen LogP contribution is -2.11. The average Bonchev–Trinajstić information content (AvgIpc) is 3.14. The third-order valence-electron chi connectivity index (χ3n) is 4.29. The number of halogens is 1.